The van der Waals surface area contributed by atoms with Crippen molar-refractivity contribution in [1.29, 1.82) is 0 Å². The number of hydrogen-bond donors (Lipinski definition) is 3. The molecule has 0 aliphatic rings. The smallest absolute Gasteiger partial charge is 0.257 e. The van der Waals surface area contributed by atoms with Crippen LogP contribution in [0, 0.1) is 0 Å². The Morgan fingerprint density at radius 2 is 1.71 bits per heavy atom. The Labute approximate surface area is 197 Å². The molecule has 0 radical (unpaired) electrons. The molecule has 3 rings (SSSR count). The van der Waals surface area contributed by atoms with Crippen molar-refractivity contribution in [2.75, 3.05) is 10.6 Å². The van der Waals surface area contributed by atoms with Gasteiger partial charge >= 0.3 is 0 Å². The van der Waals surface area contributed by atoms with Crippen LogP contribution in [0.3, 0.4) is 0 Å². The van der Waals surface area contributed by atoms with Gasteiger partial charge in [-0.1, -0.05) is 54.6 Å². The third-order valence-corrected chi connectivity index (χ3v) is 6.14. The van der Waals surface area contributed by atoms with E-state index in [2.05, 4.69) is 5.10 Å². The van der Waals surface area contributed by atoms with Crippen LogP contribution in [0.5, 0.6) is 0 Å². The van der Waals surface area contributed by atoms with Gasteiger partial charge in [-0.05, 0) is 46.9 Å². The Hall–Kier alpha value is -4.02. The van der Waals surface area contributed by atoms with Gasteiger partial charge < -0.3 is 17.3 Å². The van der Waals surface area contributed by atoms with Crippen molar-refractivity contribution in [1.82, 2.24) is 0 Å². The summed E-state index contributed by atoms with van der Waals surface area (Å²) >= 11 is 0. The fourth-order valence-electron chi connectivity index (χ4n) is 3.59. The summed E-state index contributed by atoms with van der Waals surface area (Å²) < 4.78 is 25.7. The SMILES string of the molecule is CS(=O)(=O)N(C(=O)[C@@H](N)Cc1cccc(C=NN)c1)c1ccc(-c2ccccc2C(N)=O)cc1. The Bertz CT molecular complexity index is 1340. The molecule has 2 amide bonds. The first-order valence-electron chi connectivity index (χ1n) is 10.2. The largest absolute Gasteiger partial charge is 0.366 e. The first-order chi connectivity index (χ1) is 16.1. The minimum Gasteiger partial charge on any atom is -0.366 e. The van der Waals surface area contributed by atoms with E-state index in [1.807, 2.05) is 0 Å². The summed E-state index contributed by atoms with van der Waals surface area (Å²) in [6.07, 6.45) is 2.50. The van der Waals surface area contributed by atoms with Gasteiger partial charge in [0.05, 0.1) is 24.2 Å². The summed E-state index contributed by atoms with van der Waals surface area (Å²) in [6, 6.07) is 19.0. The van der Waals surface area contributed by atoms with Crippen molar-refractivity contribution in [3.8, 4) is 11.1 Å². The molecular formula is C24H25N5O4S. The lowest BCUT2D eigenvalue weighted by atomic mass is 9.99. The highest BCUT2D eigenvalue weighted by Crippen LogP contribution is 2.27. The number of sulfonamides is 1. The average molecular weight is 480 g/mol. The lowest BCUT2D eigenvalue weighted by molar-refractivity contribution is -0.118. The molecular weight excluding hydrogens is 454 g/mol. The molecule has 34 heavy (non-hydrogen) atoms. The van der Waals surface area contributed by atoms with E-state index >= 15 is 0 Å². The molecule has 176 valence electrons. The number of hydrogen-bond acceptors (Lipinski definition) is 7. The Kier molecular flexibility index (Phi) is 7.44. The molecule has 0 saturated heterocycles. The molecule has 0 heterocycles. The summed E-state index contributed by atoms with van der Waals surface area (Å²) in [5.41, 5.74) is 14.7. The summed E-state index contributed by atoms with van der Waals surface area (Å²) in [6.45, 7) is 0. The molecule has 3 aromatic rings. The third kappa shape index (κ3) is 5.66. The van der Waals surface area contributed by atoms with Crippen LogP contribution in [-0.2, 0) is 21.2 Å². The van der Waals surface area contributed by atoms with Crippen LogP contribution in [0.15, 0.2) is 77.9 Å². The van der Waals surface area contributed by atoms with E-state index in [-0.39, 0.29) is 12.1 Å². The second-order valence-electron chi connectivity index (χ2n) is 7.66. The molecule has 0 fully saturated rings. The Morgan fingerprint density at radius 3 is 2.32 bits per heavy atom. The van der Waals surface area contributed by atoms with Gasteiger partial charge in [-0.25, -0.2) is 12.7 Å². The van der Waals surface area contributed by atoms with Crippen molar-refractivity contribution < 1.29 is 18.0 Å². The molecule has 0 aliphatic heterocycles. The molecule has 0 unspecified atom stereocenters. The number of primary amides is 1. The lowest BCUT2D eigenvalue weighted by Crippen LogP contribution is -2.47. The lowest BCUT2D eigenvalue weighted by Gasteiger charge is -2.24. The average Bonchev–Trinajstić information content (AvgIpc) is 2.79. The van der Waals surface area contributed by atoms with E-state index in [9.17, 15) is 18.0 Å². The maximum Gasteiger partial charge on any atom is 0.257 e. The number of nitrogens with zero attached hydrogens (tertiary/aromatic N) is 2. The van der Waals surface area contributed by atoms with Crippen molar-refractivity contribution in [2.24, 2.45) is 22.4 Å². The number of carbonyl (C=O) groups excluding carboxylic acids is 2. The Balaban J connectivity index is 1.90. The number of benzene rings is 3. The molecule has 1 atom stereocenters. The summed E-state index contributed by atoms with van der Waals surface area (Å²) in [5, 5.41) is 3.47. The second-order valence-corrected chi connectivity index (χ2v) is 9.49. The predicted molar refractivity (Wildman–Crippen MR) is 133 cm³/mol. The molecule has 0 aliphatic carbocycles. The summed E-state index contributed by atoms with van der Waals surface area (Å²) in [5.74, 6) is 3.82. The highest BCUT2D eigenvalue weighted by Gasteiger charge is 2.30. The van der Waals surface area contributed by atoms with Gasteiger partial charge in [0, 0.05) is 5.56 Å². The second kappa shape index (κ2) is 10.3. The molecule has 0 spiro atoms. The van der Waals surface area contributed by atoms with Crippen molar-refractivity contribution in [3.63, 3.8) is 0 Å². The summed E-state index contributed by atoms with van der Waals surface area (Å²) in [7, 11) is -3.98. The molecule has 0 bridgehead atoms. The molecule has 0 saturated carbocycles. The quantitative estimate of drug-likeness (QED) is 0.252. The van der Waals surface area contributed by atoms with E-state index < -0.39 is 27.9 Å². The summed E-state index contributed by atoms with van der Waals surface area (Å²) in [4.78, 5) is 24.9. The number of amides is 2. The minimum atomic E-state index is -3.98. The van der Waals surface area contributed by atoms with Crippen molar-refractivity contribution >= 4 is 33.7 Å². The number of rotatable bonds is 8. The maximum atomic E-state index is 13.1. The van der Waals surface area contributed by atoms with Gasteiger partial charge in [0.2, 0.25) is 15.9 Å². The van der Waals surface area contributed by atoms with E-state index in [1.165, 1.54) is 18.3 Å². The molecule has 6 N–H and O–H groups in total. The van der Waals surface area contributed by atoms with Crippen LogP contribution in [0.25, 0.3) is 11.1 Å². The molecule has 9 nitrogen and oxygen atoms in total. The highest BCUT2D eigenvalue weighted by molar-refractivity contribution is 7.92. The van der Waals surface area contributed by atoms with Gasteiger partial charge in [-0.15, -0.1) is 0 Å². The highest BCUT2D eigenvalue weighted by atomic mass is 32.2. The van der Waals surface area contributed by atoms with E-state index in [0.717, 1.165) is 17.4 Å². The van der Waals surface area contributed by atoms with Gasteiger partial charge in [-0.2, -0.15) is 5.10 Å². The van der Waals surface area contributed by atoms with Crippen LogP contribution < -0.4 is 21.6 Å². The van der Waals surface area contributed by atoms with E-state index in [4.69, 9.17) is 17.3 Å². The van der Waals surface area contributed by atoms with Crippen molar-refractivity contribution in [3.05, 3.63) is 89.5 Å². The third-order valence-electron chi connectivity index (χ3n) is 5.08. The number of anilines is 1. The van der Waals surface area contributed by atoms with Gasteiger partial charge in [0.25, 0.3) is 5.91 Å². The van der Waals surface area contributed by atoms with E-state index in [0.29, 0.717) is 21.0 Å². The topological polar surface area (TPSA) is 162 Å². The zero-order valence-electron chi connectivity index (χ0n) is 18.5. The van der Waals surface area contributed by atoms with Gasteiger partial charge in [0.15, 0.2) is 0 Å². The van der Waals surface area contributed by atoms with Gasteiger partial charge in [-0.3, -0.25) is 9.59 Å². The van der Waals surface area contributed by atoms with Crippen LogP contribution >= 0.6 is 0 Å². The van der Waals surface area contributed by atoms with Crippen LogP contribution in [0.1, 0.15) is 21.5 Å². The van der Waals surface area contributed by atoms with Crippen LogP contribution in [0.2, 0.25) is 0 Å². The van der Waals surface area contributed by atoms with Crippen LogP contribution in [0.4, 0.5) is 5.69 Å². The molecule has 3 aromatic carbocycles. The number of nitrogens with two attached hydrogens (primary N) is 3. The predicted octanol–water partition coefficient (Wildman–Crippen LogP) is 1.61. The fourth-order valence-corrected chi connectivity index (χ4v) is 4.55. The fraction of sp³-hybridized carbons (Fsp3) is 0.125. The zero-order valence-corrected chi connectivity index (χ0v) is 19.3. The number of carbonyl (C=O) groups is 2. The molecule has 10 heteroatoms. The first kappa shape index (κ1) is 24.6. The normalized spacial score (nSPS) is 12.4. The zero-order chi connectivity index (χ0) is 24.9. The van der Waals surface area contributed by atoms with Gasteiger partial charge in [0.1, 0.15) is 0 Å². The van der Waals surface area contributed by atoms with Crippen molar-refractivity contribution in [2.45, 2.75) is 12.5 Å². The maximum absolute atomic E-state index is 13.1. The first-order valence-corrected chi connectivity index (χ1v) is 12.1. The minimum absolute atomic E-state index is 0.112. The molecule has 0 aromatic heterocycles. The number of hydrazone groups is 1. The van der Waals surface area contributed by atoms with E-state index in [1.54, 1.807) is 60.7 Å². The standard InChI is InChI=1S/C24H25N5O4S/c1-34(32,33)29(24(31)22(25)14-16-5-4-6-17(13-16)15-28-27)19-11-9-18(10-12-19)20-7-2-3-8-21(20)23(26)30/h2-13,15,22H,14,25,27H2,1H3,(H2,26,30)/t22-/m0/s1. The Morgan fingerprint density at radius 1 is 1.03 bits per heavy atom. The van der Waals surface area contributed by atoms with Crippen LogP contribution in [-0.4, -0.2) is 38.7 Å². The monoisotopic (exact) mass is 479 g/mol.